The van der Waals surface area contributed by atoms with Gasteiger partial charge in [0, 0.05) is 43.8 Å². The molecule has 1 saturated heterocycles. The molecule has 0 bridgehead atoms. The van der Waals surface area contributed by atoms with Gasteiger partial charge in [0.25, 0.3) is 5.91 Å². The van der Waals surface area contributed by atoms with E-state index in [0.717, 1.165) is 25.2 Å². The number of amides is 1. The minimum atomic E-state index is -0.502. The smallest absolute Gasteiger partial charge is 0.253 e. The van der Waals surface area contributed by atoms with Gasteiger partial charge in [0.15, 0.2) is 0 Å². The van der Waals surface area contributed by atoms with Crippen LogP contribution in [-0.4, -0.2) is 44.9 Å². The minimum absolute atomic E-state index is 0.0263. The Kier molecular flexibility index (Phi) is 4.30. The summed E-state index contributed by atoms with van der Waals surface area (Å²) in [5, 5.41) is -0.502. The molecule has 1 saturated carbocycles. The fourth-order valence-corrected chi connectivity index (χ4v) is 4.52. The molecule has 23 heavy (non-hydrogen) atoms. The molecule has 6 nitrogen and oxygen atoms in total. The highest BCUT2D eigenvalue weighted by molar-refractivity contribution is 6.31. The Morgan fingerprint density at radius 1 is 1.26 bits per heavy atom. The van der Waals surface area contributed by atoms with Crippen molar-refractivity contribution in [3.05, 3.63) is 17.7 Å². The van der Waals surface area contributed by atoms with Crippen LogP contribution in [0.15, 0.2) is 6.33 Å². The van der Waals surface area contributed by atoms with Crippen molar-refractivity contribution in [1.82, 2.24) is 25.3 Å². The maximum atomic E-state index is 11.8. The van der Waals surface area contributed by atoms with Gasteiger partial charge in [0.1, 0.15) is 5.38 Å². The van der Waals surface area contributed by atoms with Crippen LogP contribution in [0.3, 0.4) is 0 Å². The van der Waals surface area contributed by atoms with E-state index in [1.807, 2.05) is 6.33 Å². The molecule has 1 aromatic heterocycles. The molecule has 0 radical (unpaired) electrons. The van der Waals surface area contributed by atoms with E-state index < -0.39 is 5.38 Å². The van der Waals surface area contributed by atoms with Crippen LogP contribution >= 0.6 is 11.6 Å². The van der Waals surface area contributed by atoms with Crippen molar-refractivity contribution >= 4 is 17.5 Å². The molecule has 2 aliphatic heterocycles. The summed E-state index contributed by atoms with van der Waals surface area (Å²) in [4.78, 5) is 18.7. The van der Waals surface area contributed by atoms with E-state index in [1.54, 1.807) is 0 Å². The number of hydrogen-bond donors (Lipinski definition) is 2. The highest BCUT2D eigenvalue weighted by Gasteiger charge is 2.37. The summed E-state index contributed by atoms with van der Waals surface area (Å²) < 4.78 is 2.43. The monoisotopic (exact) mass is 337 g/mol. The first-order valence-electron chi connectivity index (χ1n) is 8.69. The first kappa shape index (κ1) is 15.4. The summed E-state index contributed by atoms with van der Waals surface area (Å²) in [6.07, 6.45) is 9.63. The second-order valence-electron chi connectivity index (χ2n) is 6.90. The lowest BCUT2D eigenvalue weighted by atomic mass is 9.94. The van der Waals surface area contributed by atoms with E-state index in [0.29, 0.717) is 12.6 Å². The maximum Gasteiger partial charge on any atom is 0.253 e. The zero-order chi connectivity index (χ0) is 15.8. The number of aromatic nitrogens is 2. The predicted molar refractivity (Wildman–Crippen MR) is 88.0 cm³/mol. The molecule has 7 heteroatoms. The van der Waals surface area contributed by atoms with Crippen molar-refractivity contribution in [2.45, 2.75) is 62.5 Å². The Morgan fingerprint density at radius 3 is 2.91 bits per heavy atom. The largest absolute Gasteiger partial charge is 0.331 e. The van der Waals surface area contributed by atoms with Crippen LogP contribution in [0.5, 0.6) is 0 Å². The summed E-state index contributed by atoms with van der Waals surface area (Å²) in [5.41, 5.74) is 8.10. The van der Waals surface area contributed by atoms with E-state index in [1.165, 1.54) is 37.8 Å². The van der Waals surface area contributed by atoms with Gasteiger partial charge in [-0.1, -0.05) is 19.3 Å². The number of halogens is 1. The summed E-state index contributed by atoms with van der Waals surface area (Å²) in [6.45, 7) is 2.41. The average molecular weight is 338 g/mol. The first-order valence-corrected chi connectivity index (χ1v) is 9.13. The van der Waals surface area contributed by atoms with Crippen LogP contribution in [0, 0.1) is 0 Å². The molecule has 0 spiro atoms. The number of nitrogens with zero attached hydrogens (tertiary/aromatic N) is 3. The van der Waals surface area contributed by atoms with Crippen LogP contribution in [0.4, 0.5) is 0 Å². The van der Waals surface area contributed by atoms with Gasteiger partial charge >= 0.3 is 0 Å². The second kappa shape index (κ2) is 6.42. The lowest BCUT2D eigenvalue weighted by Gasteiger charge is -2.39. The van der Waals surface area contributed by atoms with E-state index in [-0.39, 0.29) is 11.9 Å². The second-order valence-corrected chi connectivity index (χ2v) is 7.37. The lowest BCUT2D eigenvalue weighted by Crippen LogP contribution is -2.62. The standard InChI is InChI=1S/C16H24ClN5O/c17-15-14(8-19-20-16(15)23)21-7-6-13-12(9-21)18-10-22(13)11-4-2-1-3-5-11/h10-11,14-15,19H,1-9H2,(H,20,23). The van der Waals surface area contributed by atoms with Crippen LogP contribution in [0.1, 0.15) is 49.5 Å². The van der Waals surface area contributed by atoms with Gasteiger partial charge in [-0.25, -0.2) is 10.4 Å². The number of carbonyl (C=O) groups is 1. The summed E-state index contributed by atoms with van der Waals surface area (Å²) >= 11 is 6.30. The SMILES string of the molecule is O=C1NNCC(N2CCc3c(ncn3C3CCCCC3)C2)C1Cl. The van der Waals surface area contributed by atoms with Crippen molar-refractivity contribution in [3.8, 4) is 0 Å². The van der Waals surface area contributed by atoms with Gasteiger partial charge in [0.05, 0.1) is 12.0 Å². The van der Waals surface area contributed by atoms with Crippen molar-refractivity contribution in [2.24, 2.45) is 0 Å². The summed E-state index contributed by atoms with van der Waals surface area (Å²) in [6, 6.07) is 0.660. The Morgan fingerprint density at radius 2 is 2.09 bits per heavy atom. The van der Waals surface area contributed by atoms with E-state index in [4.69, 9.17) is 11.6 Å². The molecule has 2 unspecified atom stereocenters. The topological polar surface area (TPSA) is 62.2 Å². The molecule has 1 aliphatic carbocycles. The summed E-state index contributed by atoms with van der Waals surface area (Å²) in [7, 11) is 0. The fourth-order valence-electron chi connectivity index (χ4n) is 4.21. The Bertz CT molecular complexity index is 583. The molecule has 1 amide bonds. The van der Waals surface area contributed by atoms with Gasteiger partial charge in [-0.3, -0.25) is 15.1 Å². The number of alkyl halides is 1. The molecular formula is C16H24ClN5O. The quantitative estimate of drug-likeness (QED) is 0.800. The number of imidazole rings is 1. The number of hydrogen-bond acceptors (Lipinski definition) is 4. The zero-order valence-corrected chi connectivity index (χ0v) is 14.1. The molecule has 3 heterocycles. The van der Waals surface area contributed by atoms with Gasteiger partial charge in [0.2, 0.25) is 0 Å². The molecule has 0 aromatic carbocycles. The van der Waals surface area contributed by atoms with Crippen molar-refractivity contribution in [2.75, 3.05) is 13.1 Å². The van der Waals surface area contributed by atoms with Crippen LogP contribution < -0.4 is 10.9 Å². The first-order chi connectivity index (χ1) is 11.2. The molecule has 1 aromatic rings. The van der Waals surface area contributed by atoms with Gasteiger partial charge in [-0.05, 0) is 12.8 Å². The number of rotatable bonds is 2. The van der Waals surface area contributed by atoms with Gasteiger partial charge in [-0.2, -0.15) is 0 Å². The molecule has 3 aliphatic rings. The summed E-state index contributed by atoms with van der Waals surface area (Å²) in [5.74, 6) is -0.138. The Hall–Kier alpha value is -1.11. The third-order valence-electron chi connectivity index (χ3n) is 5.52. The average Bonchev–Trinajstić information content (AvgIpc) is 3.01. The lowest BCUT2D eigenvalue weighted by molar-refractivity contribution is -0.125. The van der Waals surface area contributed by atoms with Gasteiger partial charge in [-0.15, -0.1) is 11.6 Å². The van der Waals surface area contributed by atoms with E-state index >= 15 is 0 Å². The van der Waals surface area contributed by atoms with Crippen molar-refractivity contribution < 1.29 is 4.79 Å². The van der Waals surface area contributed by atoms with Gasteiger partial charge < -0.3 is 4.57 Å². The Balaban J connectivity index is 1.49. The Labute approximate surface area is 141 Å². The molecule has 4 rings (SSSR count). The number of nitrogens with one attached hydrogen (secondary N) is 2. The minimum Gasteiger partial charge on any atom is -0.331 e. The van der Waals surface area contributed by atoms with Crippen molar-refractivity contribution in [3.63, 3.8) is 0 Å². The number of carbonyl (C=O) groups excluding carboxylic acids is 1. The van der Waals surface area contributed by atoms with Crippen LogP contribution in [-0.2, 0) is 17.8 Å². The van der Waals surface area contributed by atoms with E-state index in [2.05, 4.69) is 25.3 Å². The predicted octanol–water partition coefficient (Wildman–Crippen LogP) is 1.36. The highest BCUT2D eigenvalue weighted by atomic mass is 35.5. The fraction of sp³-hybridized carbons (Fsp3) is 0.750. The third kappa shape index (κ3) is 2.88. The normalized spacial score (nSPS) is 30.0. The highest BCUT2D eigenvalue weighted by Crippen LogP contribution is 2.32. The van der Waals surface area contributed by atoms with Crippen LogP contribution in [0.25, 0.3) is 0 Å². The van der Waals surface area contributed by atoms with E-state index in [9.17, 15) is 4.79 Å². The maximum absolute atomic E-state index is 11.8. The third-order valence-corrected chi connectivity index (χ3v) is 6.01. The molecule has 2 N–H and O–H groups in total. The number of fused-ring (bicyclic) bond motifs is 1. The molecule has 2 fully saturated rings. The molecular weight excluding hydrogens is 314 g/mol. The number of hydrazine groups is 1. The molecule has 126 valence electrons. The van der Waals surface area contributed by atoms with Crippen LogP contribution in [0.2, 0.25) is 0 Å². The zero-order valence-electron chi connectivity index (χ0n) is 13.3. The molecule has 2 atom stereocenters. The van der Waals surface area contributed by atoms with Crippen molar-refractivity contribution in [1.29, 1.82) is 0 Å².